The van der Waals surface area contributed by atoms with Gasteiger partial charge in [0.05, 0.1) is 28.6 Å². The van der Waals surface area contributed by atoms with Gasteiger partial charge in [-0.05, 0) is 257 Å². The van der Waals surface area contributed by atoms with Crippen LogP contribution in [0.1, 0.15) is 94.3 Å². The number of pyridine rings is 2. The number of methoxy groups -OCH3 is 1. The number of rotatable bonds is 10. The molecule has 1 amide bonds. The number of benzene rings is 8. The number of amides is 1. The minimum Gasteiger partial charge on any atom is 1.00 e. The van der Waals surface area contributed by atoms with E-state index < -0.39 is 23.7 Å². The van der Waals surface area contributed by atoms with Gasteiger partial charge >= 0.3 is 50.1 Å². The van der Waals surface area contributed by atoms with Crippen molar-refractivity contribution >= 4 is 94.8 Å². The standard InChI is InChI=1S/C52H48P2.C16H15N3O2.3C4H8O.Cu.F6P/c1-33-21-34(2)26-43(25-33)53(44-27-35(3)22-36(4)28-44)49-19-17-41-13-9-11-15-47(41)51(49)52-48-16-12-10-14-42(48)18-20-50(52)54(45-29-37(5)23-38(6)30-45)46-31-39(7)24-40(8)32-46;1-21-14-7-5-12-9-11-19(16(12)18-14)15(20)8-6-13-4-2-3-10-17-13;3*1-2-4-5-3-1;;1-7(2,3,4,5)6/h9-32H,1-8H3;2-8,10H,9,11H2,1H3;3*1-4H2;;/q;;;;;+1;-1/p+2/b;8-6+;;;;;. The first-order valence-corrected chi connectivity index (χ1v) is 38.2. The van der Waals surface area contributed by atoms with Crippen LogP contribution in [0.2, 0.25) is 0 Å². The Labute approximate surface area is 586 Å². The van der Waals surface area contributed by atoms with E-state index in [4.69, 9.17) is 18.9 Å². The third-order valence-electron chi connectivity index (χ3n) is 16.5. The van der Waals surface area contributed by atoms with Gasteiger partial charge in [-0.1, -0.05) is 91.0 Å². The summed E-state index contributed by atoms with van der Waals surface area (Å²) in [5.74, 6) is 1.10. The SMILES string of the molecule is C1CCOC1.C1CCOC1.C1CCOC1.COc1ccc2c(n1)N(C(=O)/C=C/c1ccccn1)CC2.Cc1cc(C)cc([PH+](c2cc(C)cc(C)c2)c2ccc3ccccc3c2-c2c([PH+](c3cc(C)cc(C)c3)c3cc(C)cc(C)c3)ccc3ccccc23)c1.F[P-](F)(F)(F)(F)F.[Cu+]. The number of nitrogens with zero attached hydrogens (tertiary/aromatic N) is 3. The smallest absolute Gasteiger partial charge is 1.00 e. The molecule has 6 heterocycles. The maximum absolute atomic E-state index is 12.3. The first-order valence-electron chi connectivity index (χ1n) is 33.1. The Kier molecular flexibility index (Phi) is 26.8. The second-order valence-electron chi connectivity index (χ2n) is 25.3. The van der Waals surface area contributed by atoms with Crippen molar-refractivity contribution < 1.29 is 66.0 Å². The van der Waals surface area contributed by atoms with E-state index in [2.05, 4.69) is 211 Å². The molecule has 0 aliphatic carbocycles. The number of aromatic nitrogens is 2. The summed E-state index contributed by atoms with van der Waals surface area (Å²) in [6.45, 7) is 24.7. The number of ether oxygens (including phenoxy) is 4. The zero-order chi connectivity index (χ0) is 69.3. The monoisotopic (exact) mass is 1440 g/mol. The number of carbonyl (C=O) groups is 1. The van der Waals surface area contributed by atoms with Gasteiger partial charge in [0.25, 0.3) is 5.91 Å². The summed E-state index contributed by atoms with van der Waals surface area (Å²) < 4.78 is 79.1. The molecule has 10 aromatic rings. The Morgan fingerprint density at radius 2 is 0.837 bits per heavy atom. The van der Waals surface area contributed by atoms with Crippen molar-refractivity contribution in [2.45, 2.75) is 100 Å². The van der Waals surface area contributed by atoms with Gasteiger partial charge in [-0.3, -0.25) is 14.7 Å². The molecule has 4 aliphatic heterocycles. The van der Waals surface area contributed by atoms with Crippen LogP contribution in [-0.2, 0) is 42.5 Å². The molecule has 0 atom stereocenters. The van der Waals surface area contributed by atoms with Gasteiger partial charge in [-0.25, -0.2) is 0 Å². The van der Waals surface area contributed by atoms with Gasteiger partial charge in [0.15, 0.2) is 0 Å². The molecule has 0 bridgehead atoms. The van der Waals surface area contributed by atoms with Crippen molar-refractivity contribution in [2.75, 3.05) is 58.2 Å². The first kappa shape index (κ1) is 76.6. The van der Waals surface area contributed by atoms with Crippen molar-refractivity contribution in [3.8, 4) is 17.0 Å². The summed E-state index contributed by atoms with van der Waals surface area (Å²) in [5.41, 5.74) is 15.2. The quantitative estimate of drug-likeness (QED) is 0.0584. The molecule has 14 rings (SSSR count). The molecular formula is C80H89CuF6N3O5P3+2. The Morgan fingerprint density at radius 3 is 1.16 bits per heavy atom. The third kappa shape index (κ3) is 23.0. The second-order valence-corrected chi connectivity index (χ2v) is 32.1. The van der Waals surface area contributed by atoms with Crippen LogP contribution in [0.5, 0.6) is 5.88 Å². The van der Waals surface area contributed by atoms with E-state index in [0.717, 1.165) is 57.3 Å². The molecule has 3 saturated heterocycles. The summed E-state index contributed by atoms with van der Waals surface area (Å²) in [6, 6.07) is 66.3. The number of hydrogen-bond donors (Lipinski definition) is 0. The fraction of sp³-hybridized carbons (Fsp3) is 0.287. The van der Waals surface area contributed by atoms with Gasteiger partial charge in [-0.2, -0.15) is 4.98 Å². The number of fused-ring (bicyclic) bond motifs is 3. The van der Waals surface area contributed by atoms with Gasteiger partial charge in [0.1, 0.15) is 37.6 Å². The summed E-state index contributed by atoms with van der Waals surface area (Å²) in [7, 11) is -12.1. The maximum atomic E-state index is 12.3. The van der Waals surface area contributed by atoms with Crippen molar-refractivity contribution in [3.05, 3.63) is 244 Å². The molecule has 2 aromatic heterocycles. The number of anilines is 1. The minimum atomic E-state index is -10.7. The number of hydrogen-bond acceptors (Lipinski definition) is 7. The number of aryl methyl sites for hydroxylation is 8. The summed E-state index contributed by atoms with van der Waals surface area (Å²) >= 11 is 0. The molecule has 0 saturated carbocycles. The second kappa shape index (κ2) is 34.3. The molecule has 4 aliphatic rings. The Balaban J connectivity index is 0.000000223. The van der Waals surface area contributed by atoms with Gasteiger partial charge in [-0.15, -0.1) is 0 Å². The third-order valence-corrected chi connectivity index (χ3v) is 21.9. The van der Waals surface area contributed by atoms with Crippen LogP contribution in [0.4, 0.5) is 31.0 Å². The zero-order valence-corrected chi connectivity index (χ0v) is 61.1. The van der Waals surface area contributed by atoms with E-state index in [1.807, 2.05) is 30.3 Å². The average molecular weight is 1440 g/mol. The normalized spacial score (nSPS) is 14.6. The van der Waals surface area contributed by atoms with E-state index in [-0.39, 0.29) is 23.0 Å². The molecule has 18 heteroatoms. The maximum Gasteiger partial charge on any atom is 1.00 e. The molecule has 0 radical (unpaired) electrons. The van der Waals surface area contributed by atoms with Crippen LogP contribution >= 0.6 is 23.7 Å². The van der Waals surface area contributed by atoms with Crippen LogP contribution in [0.15, 0.2) is 188 Å². The average Bonchev–Trinajstić information content (AvgIpc) is 0.754. The largest absolute Gasteiger partial charge is 1.00 e. The fourth-order valence-electron chi connectivity index (χ4n) is 12.7. The van der Waals surface area contributed by atoms with Gasteiger partial charge in [0, 0.05) is 75.7 Å². The van der Waals surface area contributed by atoms with Gasteiger partial charge in [0.2, 0.25) is 5.88 Å². The van der Waals surface area contributed by atoms with Crippen molar-refractivity contribution in [2.24, 2.45) is 0 Å². The number of halogens is 6. The Bertz CT molecular complexity index is 3950. The molecule has 3 fully saturated rings. The summed E-state index contributed by atoms with van der Waals surface area (Å²) in [4.78, 5) is 22.5. The van der Waals surface area contributed by atoms with E-state index in [0.29, 0.717) is 18.2 Å². The first-order chi connectivity index (χ1) is 46.2. The summed E-state index contributed by atoms with van der Waals surface area (Å²) in [6.07, 6.45) is 13.4. The molecule has 0 spiro atoms. The predicted octanol–water partition coefficient (Wildman–Crippen LogP) is 19.0. The Morgan fingerprint density at radius 1 is 0.480 bits per heavy atom. The van der Waals surface area contributed by atoms with Crippen molar-refractivity contribution in [3.63, 3.8) is 0 Å². The van der Waals surface area contributed by atoms with Crippen molar-refractivity contribution in [1.29, 1.82) is 0 Å². The molecule has 520 valence electrons. The van der Waals surface area contributed by atoms with E-state index in [1.165, 1.54) is 154 Å². The van der Waals surface area contributed by atoms with Gasteiger partial charge < -0.3 is 18.9 Å². The molecule has 98 heavy (non-hydrogen) atoms. The summed E-state index contributed by atoms with van der Waals surface area (Å²) in [5, 5.41) is 13.9. The molecule has 0 N–H and O–H groups in total. The van der Waals surface area contributed by atoms with Crippen molar-refractivity contribution in [1.82, 2.24) is 9.97 Å². The Hall–Kier alpha value is -7.14. The fourth-order valence-corrected chi connectivity index (χ4v) is 19.1. The molecular weight excluding hydrogens is 1350 g/mol. The topological polar surface area (TPSA) is 83.0 Å². The van der Waals surface area contributed by atoms with Crippen LogP contribution in [-0.4, -0.2) is 69.2 Å². The van der Waals surface area contributed by atoms with E-state index in [1.54, 1.807) is 24.3 Å². The van der Waals surface area contributed by atoms with Crippen LogP contribution < -0.4 is 41.5 Å². The predicted molar refractivity (Wildman–Crippen MR) is 399 cm³/mol. The molecule has 0 unspecified atom stereocenters. The number of carbonyl (C=O) groups excluding carboxylic acids is 1. The van der Waals surface area contributed by atoms with Crippen LogP contribution in [0.25, 0.3) is 38.7 Å². The van der Waals surface area contributed by atoms with Crippen LogP contribution in [0, 0.1) is 55.4 Å². The van der Waals surface area contributed by atoms with E-state index in [9.17, 15) is 30.0 Å². The van der Waals surface area contributed by atoms with Crippen LogP contribution in [0.3, 0.4) is 0 Å². The molecule has 8 nitrogen and oxygen atoms in total. The minimum absolute atomic E-state index is 0. The zero-order valence-electron chi connectivity index (χ0n) is 57.3. The van der Waals surface area contributed by atoms with E-state index >= 15 is 0 Å². The molecule has 8 aromatic carbocycles.